The van der Waals surface area contributed by atoms with Crippen LogP contribution in [-0.4, -0.2) is 18.7 Å². The van der Waals surface area contributed by atoms with Gasteiger partial charge in [-0.2, -0.15) is 0 Å². The molecule has 4 heteroatoms. The van der Waals surface area contributed by atoms with E-state index in [0.717, 1.165) is 12.0 Å². The Morgan fingerprint density at radius 1 is 1.64 bits per heavy atom. The Labute approximate surface area is 71.0 Å². The molecule has 0 aromatic carbocycles. The van der Waals surface area contributed by atoms with Crippen molar-refractivity contribution in [3.63, 3.8) is 0 Å². The minimum atomic E-state index is -0.909. The van der Waals surface area contributed by atoms with Gasteiger partial charge in [0.25, 0.3) is 0 Å². The zero-order chi connectivity index (χ0) is 8.91. The summed E-state index contributed by atoms with van der Waals surface area (Å²) in [5.41, 5.74) is -0.909. The van der Waals surface area contributed by atoms with Gasteiger partial charge in [-0.25, -0.2) is 4.79 Å². The predicted molar refractivity (Wildman–Crippen MR) is 45.0 cm³/mol. The molecule has 0 aliphatic rings. The second kappa shape index (κ2) is 4.41. The van der Waals surface area contributed by atoms with Gasteiger partial charge in [-0.05, 0) is 19.3 Å². The molecule has 0 N–H and O–H groups in total. The first-order valence-electron chi connectivity index (χ1n) is 3.08. The van der Waals surface area contributed by atoms with Gasteiger partial charge < -0.3 is 4.74 Å². The van der Waals surface area contributed by atoms with Crippen LogP contribution in [0.5, 0.6) is 0 Å². The second-order valence-corrected chi connectivity index (χ2v) is 3.04. The smallest absolute Gasteiger partial charge is 0.338 e. The van der Waals surface area contributed by atoms with E-state index in [-0.39, 0.29) is 0 Å². The first kappa shape index (κ1) is 10.5. The molecular formula is C7H12O3S. The molecule has 0 spiro atoms. The van der Waals surface area contributed by atoms with Crippen molar-refractivity contribution in [2.45, 2.75) is 19.4 Å². The number of carbonyl (C=O) groups excluding carboxylic acids is 1. The summed E-state index contributed by atoms with van der Waals surface area (Å²) in [6.07, 6.45) is 0. The number of hydrogen-bond acceptors (Lipinski definition) is 4. The van der Waals surface area contributed by atoms with Gasteiger partial charge in [0, 0.05) is 12.0 Å². The summed E-state index contributed by atoms with van der Waals surface area (Å²) >= 11 is 1.02. The highest BCUT2D eigenvalue weighted by molar-refractivity contribution is 7.97. The SMILES string of the molecule is C=CSOC(C)(C)C(=O)OC. The van der Waals surface area contributed by atoms with Crippen LogP contribution in [0.3, 0.4) is 0 Å². The molecule has 0 aliphatic heterocycles. The van der Waals surface area contributed by atoms with Crippen molar-refractivity contribution >= 4 is 18.0 Å². The van der Waals surface area contributed by atoms with E-state index >= 15 is 0 Å². The molecule has 0 bridgehead atoms. The van der Waals surface area contributed by atoms with Crippen LogP contribution < -0.4 is 0 Å². The lowest BCUT2D eigenvalue weighted by Gasteiger charge is -2.19. The first-order chi connectivity index (χ1) is 5.04. The number of methoxy groups -OCH3 is 1. The lowest BCUT2D eigenvalue weighted by atomic mass is 10.1. The Balaban J connectivity index is 3.97. The molecule has 0 rings (SSSR count). The molecule has 0 atom stereocenters. The maximum Gasteiger partial charge on any atom is 0.338 e. The molecule has 0 radical (unpaired) electrons. The molecule has 3 nitrogen and oxygen atoms in total. The number of ether oxygens (including phenoxy) is 1. The molecule has 0 aromatic heterocycles. The second-order valence-electron chi connectivity index (χ2n) is 2.35. The van der Waals surface area contributed by atoms with E-state index in [4.69, 9.17) is 4.18 Å². The predicted octanol–water partition coefficient (Wildman–Crippen LogP) is 1.75. The summed E-state index contributed by atoms with van der Waals surface area (Å²) in [4.78, 5) is 10.9. The number of rotatable bonds is 4. The number of carbonyl (C=O) groups is 1. The zero-order valence-electron chi connectivity index (χ0n) is 6.92. The molecule has 0 aromatic rings. The van der Waals surface area contributed by atoms with E-state index < -0.39 is 11.6 Å². The topological polar surface area (TPSA) is 35.5 Å². The van der Waals surface area contributed by atoms with E-state index in [1.807, 2.05) is 0 Å². The molecule has 11 heavy (non-hydrogen) atoms. The fraction of sp³-hybridized carbons (Fsp3) is 0.571. The van der Waals surface area contributed by atoms with Crippen LogP contribution in [0, 0.1) is 0 Å². The van der Waals surface area contributed by atoms with Crippen molar-refractivity contribution in [2.24, 2.45) is 0 Å². The van der Waals surface area contributed by atoms with Crippen LogP contribution in [0.1, 0.15) is 13.8 Å². The van der Waals surface area contributed by atoms with Gasteiger partial charge in [-0.3, -0.25) is 4.18 Å². The summed E-state index contributed by atoms with van der Waals surface area (Å²) in [5, 5.41) is 1.50. The summed E-state index contributed by atoms with van der Waals surface area (Å²) in [7, 11) is 1.33. The minimum Gasteiger partial charge on any atom is -0.467 e. The first-order valence-corrected chi connectivity index (χ1v) is 3.89. The van der Waals surface area contributed by atoms with Gasteiger partial charge in [0.05, 0.1) is 7.11 Å². The number of hydrogen-bond donors (Lipinski definition) is 0. The van der Waals surface area contributed by atoms with Crippen LogP contribution in [0.15, 0.2) is 12.0 Å². The molecule has 0 amide bonds. The maximum atomic E-state index is 10.9. The lowest BCUT2D eigenvalue weighted by Crippen LogP contribution is -2.33. The highest BCUT2D eigenvalue weighted by Gasteiger charge is 2.29. The third-order valence-corrected chi connectivity index (χ3v) is 1.65. The Kier molecular flexibility index (Phi) is 4.22. The van der Waals surface area contributed by atoms with Crippen molar-refractivity contribution in [2.75, 3.05) is 7.11 Å². The van der Waals surface area contributed by atoms with Crippen LogP contribution in [0.2, 0.25) is 0 Å². The van der Waals surface area contributed by atoms with Gasteiger partial charge in [0.2, 0.25) is 0 Å². The molecule has 0 heterocycles. The molecule has 0 saturated heterocycles. The van der Waals surface area contributed by atoms with Gasteiger partial charge >= 0.3 is 5.97 Å². The fourth-order valence-corrected chi connectivity index (χ4v) is 0.811. The fourth-order valence-electron chi connectivity index (χ4n) is 0.434. The highest BCUT2D eigenvalue weighted by atomic mass is 32.2. The standard InChI is InChI=1S/C7H12O3S/c1-5-11-10-7(2,3)6(8)9-4/h5H,1H2,2-4H3. The van der Waals surface area contributed by atoms with Crippen LogP contribution in [-0.2, 0) is 13.7 Å². The van der Waals surface area contributed by atoms with Crippen molar-refractivity contribution in [1.82, 2.24) is 0 Å². The Bertz CT molecular complexity index is 154. The summed E-state index contributed by atoms with van der Waals surface area (Å²) in [6, 6.07) is 0. The van der Waals surface area contributed by atoms with Crippen LogP contribution >= 0.6 is 12.0 Å². The minimum absolute atomic E-state index is 0.396. The average molecular weight is 176 g/mol. The van der Waals surface area contributed by atoms with Gasteiger partial charge in [0.15, 0.2) is 5.60 Å². The summed E-state index contributed by atoms with van der Waals surface area (Å²) < 4.78 is 9.56. The lowest BCUT2D eigenvalue weighted by molar-refractivity contribution is -0.154. The van der Waals surface area contributed by atoms with Crippen molar-refractivity contribution < 1.29 is 13.7 Å². The Morgan fingerprint density at radius 3 is 2.55 bits per heavy atom. The van der Waals surface area contributed by atoms with Crippen molar-refractivity contribution in [3.8, 4) is 0 Å². The van der Waals surface area contributed by atoms with E-state index in [1.54, 1.807) is 13.8 Å². The summed E-state index contributed by atoms with van der Waals surface area (Å²) in [6.45, 7) is 6.70. The van der Waals surface area contributed by atoms with Crippen molar-refractivity contribution in [3.05, 3.63) is 12.0 Å². The number of esters is 1. The van der Waals surface area contributed by atoms with Gasteiger partial charge in [0.1, 0.15) is 0 Å². The van der Waals surface area contributed by atoms with Crippen LogP contribution in [0.25, 0.3) is 0 Å². The van der Waals surface area contributed by atoms with Gasteiger partial charge in [-0.1, -0.05) is 6.58 Å². The third-order valence-electron chi connectivity index (χ3n) is 1.00. The quantitative estimate of drug-likeness (QED) is 0.483. The molecule has 0 unspecified atom stereocenters. The molecule has 0 aliphatic carbocycles. The zero-order valence-corrected chi connectivity index (χ0v) is 7.73. The third kappa shape index (κ3) is 3.43. The van der Waals surface area contributed by atoms with E-state index in [9.17, 15) is 4.79 Å². The van der Waals surface area contributed by atoms with Crippen LogP contribution in [0.4, 0.5) is 0 Å². The summed E-state index contributed by atoms with van der Waals surface area (Å²) in [5.74, 6) is -0.396. The average Bonchev–Trinajstić information content (AvgIpc) is 1.99. The Hall–Kier alpha value is -0.480. The van der Waals surface area contributed by atoms with E-state index in [2.05, 4.69) is 11.3 Å². The molecule has 64 valence electrons. The molecule has 0 fully saturated rings. The van der Waals surface area contributed by atoms with Crippen molar-refractivity contribution in [1.29, 1.82) is 0 Å². The normalized spacial score (nSPS) is 10.8. The van der Waals surface area contributed by atoms with Gasteiger partial charge in [-0.15, -0.1) is 0 Å². The Morgan fingerprint density at radius 2 is 2.18 bits per heavy atom. The highest BCUT2D eigenvalue weighted by Crippen LogP contribution is 2.19. The monoisotopic (exact) mass is 176 g/mol. The molecular weight excluding hydrogens is 164 g/mol. The largest absolute Gasteiger partial charge is 0.467 e. The molecule has 0 saturated carbocycles. The van der Waals surface area contributed by atoms with E-state index in [0.29, 0.717) is 0 Å². The van der Waals surface area contributed by atoms with E-state index in [1.165, 1.54) is 12.5 Å². The maximum absolute atomic E-state index is 10.9.